The number of rotatable bonds is 4. The van der Waals surface area contributed by atoms with E-state index < -0.39 is 0 Å². The lowest BCUT2D eigenvalue weighted by atomic mass is 10.1. The van der Waals surface area contributed by atoms with Gasteiger partial charge < -0.3 is 9.77 Å². The lowest BCUT2D eigenvalue weighted by Gasteiger charge is -2.02. The molecule has 0 fully saturated rings. The number of benzene rings is 1. The van der Waals surface area contributed by atoms with E-state index in [-0.39, 0.29) is 11.6 Å². The van der Waals surface area contributed by atoms with Crippen LogP contribution in [0.1, 0.15) is 32.0 Å². The molecular formula is C18H13ClN2O3. The van der Waals surface area contributed by atoms with E-state index in [0.717, 1.165) is 0 Å². The van der Waals surface area contributed by atoms with Crippen molar-refractivity contribution >= 4 is 23.2 Å². The number of aryl methyl sites for hydroxylation is 1. The second kappa shape index (κ2) is 6.29. The average Bonchev–Trinajstić information content (AvgIpc) is 2.97. The Balaban J connectivity index is 1.92. The number of carbonyl (C=O) groups excluding carboxylic acids is 2. The molecule has 2 aromatic heterocycles. The summed E-state index contributed by atoms with van der Waals surface area (Å²) >= 11 is 5.83. The Morgan fingerprint density at radius 2 is 1.54 bits per heavy atom. The number of nitrogens with zero attached hydrogens (tertiary/aromatic N) is 2. The van der Waals surface area contributed by atoms with Crippen LogP contribution in [-0.4, -0.2) is 16.1 Å². The summed E-state index contributed by atoms with van der Waals surface area (Å²) in [6.45, 7) is 0. The fourth-order valence-corrected chi connectivity index (χ4v) is 2.52. The van der Waals surface area contributed by atoms with Crippen LogP contribution in [0, 0.1) is 5.21 Å². The topological polar surface area (TPSA) is 66.0 Å². The largest absolute Gasteiger partial charge is 0.619 e. The maximum atomic E-state index is 12.6. The average molecular weight is 341 g/mol. The van der Waals surface area contributed by atoms with Gasteiger partial charge in [-0.15, -0.1) is 0 Å². The zero-order valence-corrected chi connectivity index (χ0v) is 13.5. The predicted molar refractivity (Wildman–Crippen MR) is 89.1 cm³/mol. The van der Waals surface area contributed by atoms with Crippen LogP contribution < -0.4 is 4.73 Å². The first-order valence-corrected chi connectivity index (χ1v) is 7.53. The third kappa shape index (κ3) is 3.07. The standard InChI is InChI=1S/C18H13ClN2O3/c1-20-11-14(17(22)13-6-8-21(24)9-7-13)10-16(20)18(23)12-2-4-15(19)5-3-12/h2-11H,1H3. The maximum absolute atomic E-state index is 12.6. The molecule has 1 aromatic carbocycles. The van der Waals surface area contributed by atoms with E-state index in [9.17, 15) is 14.8 Å². The van der Waals surface area contributed by atoms with E-state index in [1.165, 1.54) is 24.5 Å². The second-order valence-electron chi connectivity index (χ2n) is 5.34. The number of hydrogen-bond donors (Lipinski definition) is 0. The summed E-state index contributed by atoms with van der Waals surface area (Å²) < 4.78 is 2.22. The van der Waals surface area contributed by atoms with Crippen molar-refractivity contribution in [2.24, 2.45) is 7.05 Å². The summed E-state index contributed by atoms with van der Waals surface area (Å²) in [5.74, 6) is -0.444. The first-order chi connectivity index (χ1) is 11.5. The molecule has 24 heavy (non-hydrogen) atoms. The van der Waals surface area contributed by atoms with Gasteiger partial charge in [0.15, 0.2) is 18.2 Å². The summed E-state index contributed by atoms with van der Waals surface area (Å²) in [4.78, 5) is 25.0. The molecule has 6 heteroatoms. The van der Waals surface area contributed by atoms with Gasteiger partial charge in [0.1, 0.15) is 0 Å². The van der Waals surface area contributed by atoms with Gasteiger partial charge >= 0.3 is 0 Å². The SMILES string of the molecule is Cn1cc(C(=O)c2cc[n+]([O-])cc2)cc1C(=O)c1ccc(Cl)cc1. The Labute approximate surface area is 143 Å². The first kappa shape index (κ1) is 16.0. The minimum atomic E-state index is -0.249. The highest BCUT2D eigenvalue weighted by molar-refractivity contribution is 6.30. The Bertz CT molecular complexity index is 912. The number of ketones is 2. The van der Waals surface area contributed by atoms with Crippen molar-refractivity contribution in [2.75, 3.05) is 0 Å². The van der Waals surface area contributed by atoms with E-state index in [2.05, 4.69) is 0 Å². The van der Waals surface area contributed by atoms with Crippen molar-refractivity contribution in [3.8, 4) is 0 Å². The van der Waals surface area contributed by atoms with Crippen LogP contribution in [0.2, 0.25) is 5.02 Å². The minimum absolute atomic E-state index is 0.196. The number of hydrogen-bond acceptors (Lipinski definition) is 3. The van der Waals surface area contributed by atoms with Gasteiger partial charge in [-0.3, -0.25) is 9.59 Å². The van der Waals surface area contributed by atoms with Crippen molar-refractivity contribution in [3.05, 3.63) is 93.7 Å². The monoisotopic (exact) mass is 340 g/mol. The van der Waals surface area contributed by atoms with Crippen molar-refractivity contribution < 1.29 is 14.3 Å². The van der Waals surface area contributed by atoms with Crippen LogP contribution in [0.5, 0.6) is 0 Å². The molecule has 120 valence electrons. The number of carbonyl (C=O) groups is 2. The normalized spacial score (nSPS) is 10.6. The van der Waals surface area contributed by atoms with E-state index in [0.29, 0.717) is 32.1 Å². The Kier molecular flexibility index (Phi) is 4.18. The van der Waals surface area contributed by atoms with Crippen molar-refractivity contribution in [1.82, 2.24) is 4.57 Å². The van der Waals surface area contributed by atoms with E-state index >= 15 is 0 Å². The number of halogens is 1. The molecule has 3 rings (SSSR count). The number of aromatic nitrogens is 2. The smallest absolute Gasteiger partial charge is 0.209 e. The molecular weight excluding hydrogens is 328 g/mol. The summed E-state index contributed by atoms with van der Waals surface area (Å²) in [5, 5.41) is 11.6. The minimum Gasteiger partial charge on any atom is -0.619 e. The van der Waals surface area contributed by atoms with Crippen molar-refractivity contribution in [3.63, 3.8) is 0 Å². The molecule has 0 amide bonds. The Morgan fingerprint density at radius 1 is 0.958 bits per heavy atom. The molecule has 3 aromatic rings. The van der Waals surface area contributed by atoms with Gasteiger partial charge in [0.2, 0.25) is 5.78 Å². The van der Waals surface area contributed by atoms with Crippen LogP contribution in [-0.2, 0) is 7.05 Å². The zero-order valence-electron chi connectivity index (χ0n) is 12.8. The number of pyridine rings is 1. The highest BCUT2D eigenvalue weighted by Crippen LogP contribution is 2.17. The molecule has 2 heterocycles. The van der Waals surface area contributed by atoms with Gasteiger partial charge in [0.25, 0.3) is 0 Å². The fraction of sp³-hybridized carbons (Fsp3) is 0.0556. The Hall–Kier alpha value is -2.92. The molecule has 0 saturated heterocycles. The molecule has 5 nitrogen and oxygen atoms in total. The fourth-order valence-electron chi connectivity index (χ4n) is 2.39. The molecule has 0 bridgehead atoms. The Morgan fingerprint density at radius 3 is 2.17 bits per heavy atom. The molecule has 0 aliphatic rings. The summed E-state index contributed by atoms with van der Waals surface area (Å²) in [5.41, 5.74) is 1.67. The van der Waals surface area contributed by atoms with Gasteiger partial charge in [0.05, 0.1) is 5.69 Å². The zero-order chi connectivity index (χ0) is 17.3. The van der Waals surface area contributed by atoms with Gasteiger partial charge in [-0.1, -0.05) is 11.6 Å². The van der Waals surface area contributed by atoms with Crippen LogP contribution >= 0.6 is 11.6 Å². The lowest BCUT2D eigenvalue weighted by Crippen LogP contribution is -2.24. The van der Waals surface area contributed by atoms with Gasteiger partial charge in [-0.25, -0.2) is 0 Å². The van der Waals surface area contributed by atoms with E-state index in [1.807, 2.05) is 0 Å². The third-order valence-electron chi connectivity index (χ3n) is 3.67. The highest BCUT2D eigenvalue weighted by Gasteiger charge is 2.18. The molecule has 0 unspecified atom stereocenters. The first-order valence-electron chi connectivity index (χ1n) is 7.16. The van der Waals surface area contributed by atoms with E-state index in [4.69, 9.17) is 11.6 Å². The molecule has 0 aliphatic heterocycles. The predicted octanol–water partition coefficient (Wildman–Crippen LogP) is 2.77. The van der Waals surface area contributed by atoms with Crippen molar-refractivity contribution in [2.45, 2.75) is 0 Å². The van der Waals surface area contributed by atoms with Gasteiger partial charge in [-0.2, -0.15) is 4.73 Å². The maximum Gasteiger partial charge on any atom is 0.209 e. The molecule has 0 saturated carbocycles. The van der Waals surface area contributed by atoms with Crippen LogP contribution in [0.15, 0.2) is 61.1 Å². The second-order valence-corrected chi connectivity index (χ2v) is 5.77. The van der Waals surface area contributed by atoms with Crippen LogP contribution in [0.3, 0.4) is 0 Å². The molecule has 0 radical (unpaired) electrons. The van der Waals surface area contributed by atoms with Gasteiger partial charge in [-0.05, 0) is 30.3 Å². The van der Waals surface area contributed by atoms with E-state index in [1.54, 1.807) is 48.1 Å². The highest BCUT2D eigenvalue weighted by atomic mass is 35.5. The summed E-state index contributed by atoms with van der Waals surface area (Å²) in [6.07, 6.45) is 4.12. The third-order valence-corrected chi connectivity index (χ3v) is 3.92. The molecule has 0 spiro atoms. The lowest BCUT2D eigenvalue weighted by molar-refractivity contribution is -0.605. The van der Waals surface area contributed by atoms with Crippen LogP contribution in [0.25, 0.3) is 0 Å². The van der Waals surface area contributed by atoms with Crippen molar-refractivity contribution in [1.29, 1.82) is 0 Å². The molecule has 0 aliphatic carbocycles. The molecule has 0 N–H and O–H groups in total. The van der Waals surface area contributed by atoms with Crippen LogP contribution in [0.4, 0.5) is 0 Å². The van der Waals surface area contributed by atoms with Gasteiger partial charge in [0, 0.05) is 47.1 Å². The summed E-state index contributed by atoms with van der Waals surface area (Å²) in [7, 11) is 1.70. The quantitative estimate of drug-likeness (QED) is 0.416. The summed E-state index contributed by atoms with van der Waals surface area (Å²) in [6, 6.07) is 11.0. The molecule has 0 atom stereocenters.